The molecule has 112 valence electrons. The number of anilines is 1. The van der Waals surface area contributed by atoms with E-state index in [-0.39, 0.29) is 5.91 Å². The van der Waals surface area contributed by atoms with Crippen LogP contribution in [0.4, 0.5) is 5.13 Å². The lowest BCUT2D eigenvalue weighted by Crippen LogP contribution is -2.16. The van der Waals surface area contributed by atoms with Crippen LogP contribution in [0.15, 0.2) is 35.8 Å². The summed E-state index contributed by atoms with van der Waals surface area (Å²) in [6.07, 6.45) is 4.30. The average molecular weight is 329 g/mol. The van der Waals surface area contributed by atoms with Gasteiger partial charge in [-0.2, -0.15) is 0 Å². The minimum absolute atomic E-state index is 0.0832. The number of hydrogen-bond acceptors (Lipinski definition) is 4. The number of amides is 1. The van der Waals surface area contributed by atoms with E-state index in [4.69, 9.17) is 0 Å². The average Bonchev–Trinajstić information content (AvgIpc) is 2.94. The molecule has 0 aliphatic heterocycles. The molecule has 0 saturated heterocycles. The molecule has 0 atom stereocenters. The van der Waals surface area contributed by atoms with Gasteiger partial charge in [-0.1, -0.05) is 0 Å². The van der Waals surface area contributed by atoms with Crippen LogP contribution in [-0.2, 0) is 0 Å². The molecule has 3 aromatic rings. The van der Waals surface area contributed by atoms with Crippen molar-refractivity contribution in [2.24, 2.45) is 0 Å². The molecule has 1 amide bonds. The van der Waals surface area contributed by atoms with Crippen molar-refractivity contribution in [1.82, 2.24) is 9.55 Å². The Morgan fingerprint density at radius 2 is 2.23 bits per heavy atom. The quantitative estimate of drug-likeness (QED) is 0.762. The summed E-state index contributed by atoms with van der Waals surface area (Å²) < 4.78 is 2.06. The lowest BCUT2D eigenvalue weighted by Gasteiger charge is -2.06. The number of rotatable bonds is 4. The maximum Gasteiger partial charge on any atom is 0.274 e. The smallest absolute Gasteiger partial charge is 0.274 e. The number of hydrogen-bond donors (Lipinski definition) is 1. The molecule has 1 aliphatic carbocycles. The zero-order chi connectivity index (χ0) is 15.1. The van der Waals surface area contributed by atoms with Crippen LogP contribution >= 0.6 is 22.7 Å². The van der Waals surface area contributed by atoms with Crippen LogP contribution < -0.4 is 5.32 Å². The van der Waals surface area contributed by atoms with E-state index in [2.05, 4.69) is 33.9 Å². The predicted molar refractivity (Wildman–Crippen MR) is 90.8 cm³/mol. The van der Waals surface area contributed by atoms with E-state index < -0.39 is 0 Å². The summed E-state index contributed by atoms with van der Waals surface area (Å²) in [7, 11) is 0. The van der Waals surface area contributed by atoms with Gasteiger partial charge in [-0.3, -0.25) is 10.1 Å². The van der Waals surface area contributed by atoms with Gasteiger partial charge in [-0.15, -0.1) is 22.7 Å². The monoisotopic (exact) mass is 329 g/mol. The van der Waals surface area contributed by atoms with Crippen molar-refractivity contribution >= 4 is 33.7 Å². The van der Waals surface area contributed by atoms with Crippen LogP contribution in [0.2, 0.25) is 0 Å². The van der Waals surface area contributed by atoms with Crippen molar-refractivity contribution in [1.29, 1.82) is 0 Å². The van der Waals surface area contributed by atoms with E-state index in [1.165, 1.54) is 16.2 Å². The SMILES string of the molecule is Cc1ccc(-c2csc(NC(=O)c3cccn3C3CC3)n2)s1. The first-order valence-electron chi connectivity index (χ1n) is 7.21. The molecular formula is C16H15N3OS2. The molecule has 0 bridgehead atoms. The largest absolute Gasteiger partial charge is 0.340 e. The lowest BCUT2D eigenvalue weighted by atomic mass is 10.4. The molecule has 1 fully saturated rings. The fraction of sp³-hybridized carbons (Fsp3) is 0.250. The first-order chi connectivity index (χ1) is 10.7. The van der Waals surface area contributed by atoms with Gasteiger partial charge < -0.3 is 4.57 Å². The second kappa shape index (κ2) is 5.37. The third-order valence-corrected chi connectivity index (χ3v) is 5.45. The van der Waals surface area contributed by atoms with E-state index in [0.29, 0.717) is 16.9 Å². The first-order valence-corrected chi connectivity index (χ1v) is 8.91. The third kappa shape index (κ3) is 2.60. The number of carbonyl (C=O) groups is 1. The Hall–Kier alpha value is -1.92. The van der Waals surface area contributed by atoms with Gasteiger partial charge >= 0.3 is 0 Å². The number of thiophene rings is 1. The number of nitrogens with one attached hydrogen (secondary N) is 1. The van der Waals surface area contributed by atoms with E-state index in [1.807, 2.05) is 23.7 Å². The number of aryl methyl sites for hydroxylation is 1. The highest BCUT2D eigenvalue weighted by Gasteiger charge is 2.26. The Balaban J connectivity index is 1.52. The maximum atomic E-state index is 12.4. The van der Waals surface area contributed by atoms with Gasteiger partial charge in [0, 0.05) is 22.5 Å². The van der Waals surface area contributed by atoms with Gasteiger partial charge in [0.2, 0.25) is 0 Å². The van der Waals surface area contributed by atoms with Crippen LogP contribution in [0.5, 0.6) is 0 Å². The minimum atomic E-state index is -0.0832. The van der Waals surface area contributed by atoms with Crippen LogP contribution in [0.3, 0.4) is 0 Å². The second-order valence-corrected chi connectivity index (χ2v) is 7.58. The molecule has 1 saturated carbocycles. The predicted octanol–water partition coefficient (Wildman–Crippen LogP) is 4.57. The zero-order valence-electron chi connectivity index (χ0n) is 12.1. The Labute approximate surface area is 136 Å². The highest BCUT2D eigenvalue weighted by atomic mass is 32.1. The number of carbonyl (C=O) groups excluding carboxylic acids is 1. The second-order valence-electron chi connectivity index (χ2n) is 5.43. The zero-order valence-corrected chi connectivity index (χ0v) is 13.7. The summed E-state index contributed by atoms with van der Waals surface area (Å²) in [6, 6.07) is 8.44. The Kier molecular flexibility index (Phi) is 3.35. The fourth-order valence-corrected chi connectivity index (χ4v) is 4.04. The van der Waals surface area contributed by atoms with Crippen LogP contribution in [-0.4, -0.2) is 15.5 Å². The van der Waals surface area contributed by atoms with Crippen LogP contribution in [0.25, 0.3) is 10.6 Å². The summed E-state index contributed by atoms with van der Waals surface area (Å²) in [5.41, 5.74) is 1.64. The molecule has 3 heterocycles. The highest BCUT2D eigenvalue weighted by molar-refractivity contribution is 7.17. The number of thiazole rings is 1. The third-order valence-electron chi connectivity index (χ3n) is 3.67. The summed E-state index contributed by atoms with van der Waals surface area (Å²) in [6.45, 7) is 2.08. The minimum Gasteiger partial charge on any atom is -0.340 e. The highest BCUT2D eigenvalue weighted by Crippen LogP contribution is 2.36. The van der Waals surface area contributed by atoms with Gasteiger partial charge in [-0.25, -0.2) is 4.98 Å². The fourth-order valence-electron chi connectivity index (χ4n) is 2.43. The van der Waals surface area contributed by atoms with Crippen molar-refractivity contribution in [3.63, 3.8) is 0 Å². The molecule has 6 heteroatoms. The van der Waals surface area contributed by atoms with Crippen molar-refractivity contribution < 1.29 is 4.79 Å². The molecular weight excluding hydrogens is 314 g/mol. The molecule has 0 unspecified atom stereocenters. The summed E-state index contributed by atoms with van der Waals surface area (Å²) >= 11 is 3.18. The molecule has 0 aromatic carbocycles. The maximum absolute atomic E-state index is 12.4. The number of aromatic nitrogens is 2. The van der Waals surface area contributed by atoms with E-state index in [0.717, 1.165) is 23.4 Å². The molecule has 3 aromatic heterocycles. The van der Waals surface area contributed by atoms with Crippen LogP contribution in [0.1, 0.15) is 34.2 Å². The van der Waals surface area contributed by atoms with Crippen LogP contribution in [0, 0.1) is 6.92 Å². The van der Waals surface area contributed by atoms with Crippen molar-refractivity contribution in [3.8, 4) is 10.6 Å². The van der Waals surface area contributed by atoms with Crippen molar-refractivity contribution in [2.45, 2.75) is 25.8 Å². The molecule has 4 rings (SSSR count). The Bertz CT molecular complexity index is 826. The normalized spacial score (nSPS) is 14.2. The lowest BCUT2D eigenvalue weighted by molar-refractivity contribution is 0.101. The van der Waals surface area contributed by atoms with E-state index in [1.54, 1.807) is 11.3 Å². The molecule has 0 spiro atoms. The standard InChI is InChI=1S/C16H15N3OS2/c1-10-4-7-14(22-10)12-9-21-16(17-12)18-15(20)13-3-2-8-19(13)11-5-6-11/h2-4,7-9,11H,5-6H2,1H3,(H,17,18,20). The van der Waals surface area contributed by atoms with Gasteiger partial charge in [-0.05, 0) is 44.0 Å². The van der Waals surface area contributed by atoms with Crippen molar-refractivity contribution in [3.05, 3.63) is 46.4 Å². The summed E-state index contributed by atoms with van der Waals surface area (Å²) in [5.74, 6) is -0.0832. The number of nitrogens with zero attached hydrogens (tertiary/aromatic N) is 2. The van der Waals surface area contributed by atoms with Gasteiger partial charge in [0.25, 0.3) is 5.91 Å². The Morgan fingerprint density at radius 3 is 2.95 bits per heavy atom. The van der Waals surface area contributed by atoms with E-state index in [9.17, 15) is 4.79 Å². The first kappa shape index (κ1) is 13.7. The topological polar surface area (TPSA) is 46.9 Å². The van der Waals surface area contributed by atoms with Gasteiger partial charge in [0.15, 0.2) is 5.13 Å². The molecule has 22 heavy (non-hydrogen) atoms. The molecule has 1 N–H and O–H groups in total. The van der Waals surface area contributed by atoms with E-state index >= 15 is 0 Å². The molecule has 4 nitrogen and oxygen atoms in total. The summed E-state index contributed by atoms with van der Waals surface area (Å²) in [4.78, 5) is 19.3. The molecule has 1 aliphatic rings. The van der Waals surface area contributed by atoms with Gasteiger partial charge in [0.1, 0.15) is 5.69 Å². The van der Waals surface area contributed by atoms with Gasteiger partial charge in [0.05, 0.1) is 10.6 Å². The summed E-state index contributed by atoms with van der Waals surface area (Å²) in [5, 5.41) is 5.55. The van der Waals surface area contributed by atoms with Crippen molar-refractivity contribution in [2.75, 3.05) is 5.32 Å². The molecule has 0 radical (unpaired) electrons. The Morgan fingerprint density at radius 1 is 1.36 bits per heavy atom.